The fraction of sp³-hybridized carbons (Fsp3) is 0.500. The van der Waals surface area contributed by atoms with Crippen LogP contribution in [0.25, 0.3) is 0 Å². The molecule has 0 unspecified atom stereocenters. The van der Waals surface area contributed by atoms with Gasteiger partial charge >= 0.3 is 0 Å². The lowest BCUT2D eigenvalue weighted by Crippen LogP contribution is -2.38. The molecule has 0 bridgehead atoms. The summed E-state index contributed by atoms with van der Waals surface area (Å²) in [6, 6.07) is 5.43. The number of hydrogen-bond acceptors (Lipinski definition) is 5. The highest BCUT2D eigenvalue weighted by atomic mass is 16.5. The third kappa shape index (κ3) is 3.61. The van der Waals surface area contributed by atoms with Crippen LogP contribution in [0.15, 0.2) is 18.2 Å². The minimum atomic E-state index is -0.129. The van der Waals surface area contributed by atoms with Crippen molar-refractivity contribution in [1.29, 1.82) is 0 Å². The Morgan fingerprint density at radius 1 is 1.45 bits per heavy atom. The number of rotatable bonds is 5. The molecule has 0 aliphatic carbocycles. The van der Waals surface area contributed by atoms with Gasteiger partial charge in [0.25, 0.3) is 5.91 Å². The number of benzene rings is 1. The van der Waals surface area contributed by atoms with Crippen LogP contribution in [-0.4, -0.2) is 52.5 Å². The molecule has 1 aromatic carbocycles. The molecule has 1 aliphatic rings. The maximum atomic E-state index is 12.3. The maximum absolute atomic E-state index is 12.3. The molecule has 0 spiro atoms. The first-order valence-electron chi connectivity index (χ1n) is 6.71. The Balaban J connectivity index is 2.16. The van der Waals surface area contributed by atoms with Gasteiger partial charge in [-0.25, -0.2) is 0 Å². The summed E-state index contributed by atoms with van der Waals surface area (Å²) in [7, 11) is 1.60. The van der Waals surface area contributed by atoms with Crippen LogP contribution in [0.5, 0.6) is 0 Å². The number of amides is 1. The topological polar surface area (TPSA) is 76.8 Å². The second kappa shape index (κ2) is 7.12. The smallest absolute Gasteiger partial charge is 0.253 e. The van der Waals surface area contributed by atoms with E-state index < -0.39 is 0 Å². The maximum Gasteiger partial charge on any atom is 0.253 e. The normalized spacial score (nSPS) is 15.2. The van der Waals surface area contributed by atoms with Crippen LogP contribution in [0.2, 0.25) is 0 Å². The van der Waals surface area contributed by atoms with Gasteiger partial charge < -0.3 is 25.4 Å². The Labute approximate surface area is 118 Å². The van der Waals surface area contributed by atoms with Gasteiger partial charge in [-0.2, -0.15) is 0 Å². The van der Waals surface area contributed by atoms with Gasteiger partial charge in [0, 0.05) is 38.1 Å². The van der Waals surface area contributed by atoms with Gasteiger partial charge in [-0.1, -0.05) is 0 Å². The molecule has 1 aromatic rings. The Hall–Kier alpha value is -1.79. The summed E-state index contributed by atoms with van der Waals surface area (Å²) in [6.45, 7) is 3.88. The number of nitrogens with one attached hydrogen (secondary N) is 1. The van der Waals surface area contributed by atoms with Crippen LogP contribution >= 0.6 is 0 Å². The molecule has 0 radical (unpaired) electrons. The third-order valence-electron chi connectivity index (χ3n) is 3.21. The van der Waals surface area contributed by atoms with E-state index in [1.165, 1.54) is 0 Å². The first kappa shape index (κ1) is 14.6. The average Bonchev–Trinajstić information content (AvgIpc) is 2.48. The van der Waals surface area contributed by atoms with Gasteiger partial charge in [-0.05, 0) is 18.2 Å². The molecular weight excluding hydrogens is 258 g/mol. The molecule has 1 fully saturated rings. The van der Waals surface area contributed by atoms with E-state index in [1.807, 2.05) is 12.1 Å². The predicted molar refractivity (Wildman–Crippen MR) is 78.1 cm³/mol. The highest BCUT2D eigenvalue weighted by Crippen LogP contribution is 2.24. The zero-order chi connectivity index (χ0) is 14.4. The standard InChI is InChI=1S/C14H21N3O3/c1-19-7-4-16-14(18)12-10-11(15)2-3-13(12)17-5-8-20-9-6-17/h2-3,10H,4-9,15H2,1H3,(H,16,18). The van der Waals surface area contributed by atoms with E-state index in [9.17, 15) is 4.79 Å². The Bertz CT molecular complexity index is 459. The van der Waals surface area contributed by atoms with Crippen molar-refractivity contribution < 1.29 is 14.3 Å². The number of anilines is 2. The van der Waals surface area contributed by atoms with E-state index in [1.54, 1.807) is 13.2 Å². The molecule has 0 atom stereocenters. The number of ether oxygens (including phenoxy) is 2. The van der Waals surface area contributed by atoms with Crippen LogP contribution in [0, 0.1) is 0 Å². The number of carbonyl (C=O) groups excluding carboxylic acids is 1. The van der Waals surface area contributed by atoms with Crippen LogP contribution in [-0.2, 0) is 9.47 Å². The van der Waals surface area contributed by atoms with E-state index in [-0.39, 0.29) is 5.91 Å². The molecule has 1 amide bonds. The van der Waals surface area contributed by atoms with Crippen LogP contribution < -0.4 is 16.0 Å². The molecule has 3 N–H and O–H groups in total. The molecule has 6 nitrogen and oxygen atoms in total. The molecule has 0 saturated carbocycles. The van der Waals surface area contributed by atoms with E-state index in [0.717, 1.165) is 18.8 Å². The van der Waals surface area contributed by atoms with Gasteiger partial charge in [0.2, 0.25) is 0 Å². The number of morpholine rings is 1. The van der Waals surface area contributed by atoms with Gasteiger partial charge in [0.1, 0.15) is 0 Å². The number of nitrogens with zero attached hydrogens (tertiary/aromatic N) is 1. The lowest BCUT2D eigenvalue weighted by molar-refractivity contribution is 0.0936. The molecule has 1 saturated heterocycles. The summed E-state index contributed by atoms with van der Waals surface area (Å²) in [5.74, 6) is -0.129. The number of methoxy groups -OCH3 is 1. The quantitative estimate of drug-likeness (QED) is 0.605. The Morgan fingerprint density at radius 3 is 2.90 bits per heavy atom. The largest absolute Gasteiger partial charge is 0.399 e. The molecule has 110 valence electrons. The van der Waals surface area contributed by atoms with Crippen molar-refractivity contribution in [2.75, 3.05) is 57.2 Å². The van der Waals surface area contributed by atoms with E-state index >= 15 is 0 Å². The first-order chi connectivity index (χ1) is 9.72. The lowest BCUT2D eigenvalue weighted by atomic mass is 10.1. The summed E-state index contributed by atoms with van der Waals surface area (Å²) >= 11 is 0. The molecule has 6 heteroatoms. The van der Waals surface area contributed by atoms with Crippen molar-refractivity contribution in [2.24, 2.45) is 0 Å². The van der Waals surface area contributed by atoms with Crippen LogP contribution in [0.4, 0.5) is 11.4 Å². The monoisotopic (exact) mass is 279 g/mol. The predicted octanol–water partition coefficient (Wildman–Crippen LogP) is 0.482. The zero-order valence-corrected chi connectivity index (χ0v) is 11.7. The van der Waals surface area contributed by atoms with Gasteiger partial charge in [-0.15, -0.1) is 0 Å². The molecule has 1 aliphatic heterocycles. The minimum absolute atomic E-state index is 0.129. The van der Waals surface area contributed by atoms with Crippen molar-refractivity contribution in [1.82, 2.24) is 5.32 Å². The molecule has 20 heavy (non-hydrogen) atoms. The van der Waals surface area contributed by atoms with Crippen LogP contribution in [0.1, 0.15) is 10.4 Å². The third-order valence-corrected chi connectivity index (χ3v) is 3.21. The second-order valence-corrected chi connectivity index (χ2v) is 4.62. The van der Waals surface area contributed by atoms with Gasteiger partial charge in [0.15, 0.2) is 0 Å². The zero-order valence-electron chi connectivity index (χ0n) is 11.7. The van der Waals surface area contributed by atoms with Crippen molar-refractivity contribution in [3.63, 3.8) is 0 Å². The summed E-state index contributed by atoms with van der Waals surface area (Å²) in [5.41, 5.74) is 7.88. The van der Waals surface area contributed by atoms with Gasteiger partial charge in [0.05, 0.1) is 25.4 Å². The molecular formula is C14H21N3O3. The fourth-order valence-corrected chi connectivity index (χ4v) is 2.18. The van der Waals surface area contributed by atoms with Crippen LogP contribution in [0.3, 0.4) is 0 Å². The summed E-state index contributed by atoms with van der Waals surface area (Å²) < 4.78 is 10.3. The molecule has 0 aromatic heterocycles. The fourth-order valence-electron chi connectivity index (χ4n) is 2.18. The number of nitrogens with two attached hydrogens (primary N) is 1. The summed E-state index contributed by atoms with van der Waals surface area (Å²) in [4.78, 5) is 14.4. The number of nitrogen functional groups attached to an aromatic ring is 1. The lowest BCUT2D eigenvalue weighted by Gasteiger charge is -2.30. The van der Waals surface area contributed by atoms with Crippen molar-refractivity contribution in [2.45, 2.75) is 0 Å². The summed E-state index contributed by atoms with van der Waals surface area (Å²) in [5, 5.41) is 2.83. The first-order valence-corrected chi connectivity index (χ1v) is 6.71. The van der Waals surface area contributed by atoms with Crippen molar-refractivity contribution in [3.05, 3.63) is 23.8 Å². The average molecular weight is 279 g/mol. The Morgan fingerprint density at radius 2 is 2.20 bits per heavy atom. The number of hydrogen-bond donors (Lipinski definition) is 2. The van der Waals surface area contributed by atoms with E-state index in [2.05, 4.69) is 10.2 Å². The minimum Gasteiger partial charge on any atom is -0.399 e. The van der Waals surface area contributed by atoms with E-state index in [4.69, 9.17) is 15.2 Å². The second-order valence-electron chi connectivity index (χ2n) is 4.62. The van der Waals surface area contributed by atoms with Crippen molar-refractivity contribution in [3.8, 4) is 0 Å². The SMILES string of the molecule is COCCNC(=O)c1cc(N)ccc1N1CCOCC1. The molecule has 1 heterocycles. The number of carbonyl (C=O) groups is 1. The Kier molecular flexibility index (Phi) is 5.20. The van der Waals surface area contributed by atoms with E-state index in [0.29, 0.717) is 37.6 Å². The highest BCUT2D eigenvalue weighted by Gasteiger charge is 2.18. The van der Waals surface area contributed by atoms with Gasteiger partial charge in [-0.3, -0.25) is 4.79 Å². The summed E-state index contributed by atoms with van der Waals surface area (Å²) in [6.07, 6.45) is 0. The highest BCUT2D eigenvalue weighted by molar-refractivity contribution is 6.00. The van der Waals surface area contributed by atoms with Crippen molar-refractivity contribution >= 4 is 17.3 Å². The molecule has 2 rings (SSSR count).